The van der Waals surface area contributed by atoms with Crippen LogP contribution in [0.15, 0.2) is 60.7 Å². The summed E-state index contributed by atoms with van der Waals surface area (Å²) < 4.78 is 0. The maximum atomic E-state index is 10.1. The molecule has 0 radical (unpaired) electrons. The lowest BCUT2D eigenvalue weighted by atomic mass is 10.1. The van der Waals surface area contributed by atoms with Gasteiger partial charge in [0.25, 0.3) is 0 Å². The number of rotatable bonds is 5. The van der Waals surface area contributed by atoms with Gasteiger partial charge in [0.15, 0.2) is 0 Å². The largest absolute Gasteiger partial charge is 0.313 e. The number of hydroxylamine groups is 2. The Hall–Kier alpha value is -1.64. The third kappa shape index (κ3) is 3.42. The molecule has 0 bridgehead atoms. The molecule has 0 amide bonds. The van der Waals surface area contributed by atoms with Crippen molar-refractivity contribution in [1.82, 2.24) is 5.06 Å². The van der Waals surface area contributed by atoms with Crippen LogP contribution in [0.3, 0.4) is 0 Å². The van der Waals surface area contributed by atoms with E-state index in [2.05, 4.69) is 12.1 Å². The van der Waals surface area contributed by atoms with Crippen molar-refractivity contribution in [1.29, 1.82) is 0 Å². The third-order valence-corrected chi connectivity index (χ3v) is 3.20. The smallest absolute Gasteiger partial charge is 0.0571 e. The second kappa shape index (κ2) is 6.34. The molecule has 18 heavy (non-hydrogen) atoms. The Morgan fingerprint density at radius 2 is 1.50 bits per heavy atom. The van der Waals surface area contributed by atoms with Crippen LogP contribution in [0.5, 0.6) is 0 Å². The van der Waals surface area contributed by atoms with Crippen molar-refractivity contribution in [2.75, 3.05) is 6.54 Å². The Balaban J connectivity index is 1.90. The molecule has 0 spiro atoms. The summed E-state index contributed by atoms with van der Waals surface area (Å²) in [7, 11) is 0. The van der Waals surface area contributed by atoms with Gasteiger partial charge >= 0.3 is 0 Å². The van der Waals surface area contributed by atoms with Crippen LogP contribution in [0.4, 0.5) is 0 Å². The zero-order valence-corrected chi connectivity index (χ0v) is 10.7. The normalized spacial score (nSPS) is 12.6. The van der Waals surface area contributed by atoms with Crippen molar-refractivity contribution in [2.45, 2.75) is 19.4 Å². The van der Waals surface area contributed by atoms with E-state index in [1.165, 1.54) is 10.6 Å². The zero-order valence-electron chi connectivity index (χ0n) is 10.7. The molecule has 0 aliphatic heterocycles. The van der Waals surface area contributed by atoms with Crippen molar-refractivity contribution in [3.8, 4) is 0 Å². The molecular formula is C16H19NO. The second-order valence-electron chi connectivity index (χ2n) is 4.49. The van der Waals surface area contributed by atoms with Gasteiger partial charge in [0.1, 0.15) is 0 Å². The molecule has 2 rings (SSSR count). The van der Waals surface area contributed by atoms with Gasteiger partial charge in [-0.3, -0.25) is 0 Å². The van der Waals surface area contributed by atoms with Crippen LogP contribution in [0.25, 0.3) is 0 Å². The first-order chi connectivity index (χ1) is 8.77. The lowest BCUT2D eigenvalue weighted by Gasteiger charge is -2.22. The minimum absolute atomic E-state index is 0.0231. The molecule has 0 heterocycles. The fourth-order valence-corrected chi connectivity index (χ4v) is 1.99. The number of hydrogen-bond acceptors (Lipinski definition) is 2. The predicted molar refractivity (Wildman–Crippen MR) is 73.5 cm³/mol. The third-order valence-electron chi connectivity index (χ3n) is 3.20. The van der Waals surface area contributed by atoms with Crippen LogP contribution in [0.1, 0.15) is 24.1 Å². The Kier molecular flexibility index (Phi) is 4.51. The molecule has 2 aromatic carbocycles. The van der Waals surface area contributed by atoms with Gasteiger partial charge in [0.05, 0.1) is 6.04 Å². The van der Waals surface area contributed by atoms with Crippen LogP contribution in [-0.2, 0) is 6.42 Å². The topological polar surface area (TPSA) is 23.5 Å². The standard InChI is InChI=1S/C16H19NO/c1-14(16-10-6-3-7-11-16)17(18)13-12-15-8-4-2-5-9-15/h2-11,14,18H,12-13H2,1H3. The Morgan fingerprint density at radius 1 is 0.944 bits per heavy atom. The minimum atomic E-state index is 0.0231. The van der Waals surface area contributed by atoms with E-state index in [9.17, 15) is 5.21 Å². The summed E-state index contributed by atoms with van der Waals surface area (Å²) in [5.41, 5.74) is 2.38. The van der Waals surface area contributed by atoms with Gasteiger partial charge in [-0.2, -0.15) is 5.06 Å². The van der Waals surface area contributed by atoms with Crippen molar-refractivity contribution in [3.05, 3.63) is 71.8 Å². The Morgan fingerprint density at radius 3 is 2.11 bits per heavy atom. The first-order valence-electron chi connectivity index (χ1n) is 6.32. The molecule has 2 aromatic rings. The van der Waals surface area contributed by atoms with Crippen LogP contribution in [0.2, 0.25) is 0 Å². The summed E-state index contributed by atoms with van der Waals surface area (Å²) in [6, 6.07) is 20.3. The highest BCUT2D eigenvalue weighted by atomic mass is 16.5. The van der Waals surface area contributed by atoms with Gasteiger partial charge in [-0.05, 0) is 24.5 Å². The maximum absolute atomic E-state index is 10.1. The summed E-state index contributed by atoms with van der Waals surface area (Å²) in [5, 5.41) is 11.5. The van der Waals surface area contributed by atoms with Crippen LogP contribution < -0.4 is 0 Å². The second-order valence-corrected chi connectivity index (χ2v) is 4.49. The van der Waals surface area contributed by atoms with Crippen LogP contribution in [-0.4, -0.2) is 16.8 Å². The van der Waals surface area contributed by atoms with Gasteiger partial charge in [0.2, 0.25) is 0 Å². The van der Waals surface area contributed by atoms with Crippen molar-refractivity contribution in [3.63, 3.8) is 0 Å². The van der Waals surface area contributed by atoms with Gasteiger partial charge in [-0.1, -0.05) is 60.7 Å². The fourth-order valence-electron chi connectivity index (χ4n) is 1.99. The molecule has 2 nitrogen and oxygen atoms in total. The van der Waals surface area contributed by atoms with Crippen molar-refractivity contribution < 1.29 is 5.21 Å². The molecule has 0 saturated carbocycles. The van der Waals surface area contributed by atoms with Gasteiger partial charge < -0.3 is 5.21 Å². The summed E-state index contributed by atoms with van der Waals surface area (Å²) in [5.74, 6) is 0. The van der Waals surface area contributed by atoms with E-state index in [0.29, 0.717) is 6.54 Å². The zero-order chi connectivity index (χ0) is 12.8. The number of benzene rings is 2. The molecule has 1 atom stereocenters. The maximum Gasteiger partial charge on any atom is 0.0571 e. The molecule has 0 aromatic heterocycles. The summed E-state index contributed by atoms with van der Waals surface area (Å²) >= 11 is 0. The highest BCUT2D eigenvalue weighted by Gasteiger charge is 2.12. The highest BCUT2D eigenvalue weighted by molar-refractivity contribution is 5.18. The van der Waals surface area contributed by atoms with Gasteiger partial charge in [-0.15, -0.1) is 0 Å². The Labute approximate surface area is 108 Å². The van der Waals surface area contributed by atoms with Crippen molar-refractivity contribution in [2.24, 2.45) is 0 Å². The molecule has 0 aliphatic rings. The van der Waals surface area contributed by atoms with E-state index < -0.39 is 0 Å². The molecular weight excluding hydrogens is 222 g/mol. The van der Waals surface area contributed by atoms with Crippen LogP contribution in [0, 0.1) is 0 Å². The lowest BCUT2D eigenvalue weighted by molar-refractivity contribution is -0.122. The molecule has 0 saturated heterocycles. The van der Waals surface area contributed by atoms with E-state index in [4.69, 9.17) is 0 Å². The molecule has 2 heteroatoms. The molecule has 1 unspecified atom stereocenters. The summed E-state index contributed by atoms with van der Waals surface area (Å²) in [6.07, 6.45) is 0.856. The molecule has 94 valence electrons. The van der Waals surface area contributed by atoms with Gasteiger partial charge in [-0.25, -0.2) is 0 Å². The van der Waals surface area contributed by atoms with E-state index >= 15 is 0 Å². The number of nitrogens with zero attached hydrogens (tertiary/aromatic N) is 1. The Bertz CT molecular complexity index is 455. The predicted octanol–water partition coefficient (Wildman–Crippen LogP) is 3.68. The van der Waals surface area contributed by atoms with E-state index in [1.807, 2.05) is 55.5 Å². The first-order valence-corrected chi connectivity index (χ1v) is 6.32. The van der Waals surface area contributed by atoms with Crippen LogP contribution >= 0.6 is 0 Å². The molecule has 1 N–H and O–H groups in total. The summed E-state index contributed by atoms with van der Waals surface area (Å²) in [6.45, 7) is 2.65. The van der Waals surface area contributed by atoms with Crippen molar-refractivity contribution >= 4 is 0 Å². The number of hydrogen-bond donors (Lipinski definition) is 1. The fraction of sp³-hybridized carbons (Fsp3) is 0.250. The lowest BCUT2D eigenvalue weighted by Crippen LogP contribution is -2.25. The molecule has 0 fully saturated rings. The molecule has 0 aliphatic carbocycles. The SMILES string of the molecule is CC(c1ccccc1)N(O)CCc1ccccc1. The first kappa shape index (κ1) is 12.8. The monoisotopic (exact) mass is 241 g/mol. The summed E-state index contributed by atoms with van der Waals surface area (Å²) in [4.78, 5) is 0. The quantitative estimate of drug-likeness (QED) is 0.807. The van der Waals surface area contributed by atoms with E-state index in [0.717, 1.165) is 12.0 Å². The van der Waals surface area contributed by atoms with E-state index in [1.54, 1.807) is 0 Å². The highest BCUT2D eigenvalue weighted by Crippen LogP contribution is 2.18. The average molecular weight is 241 g/mol. The average Bonchev–Trinajstić information content (AvgIpc) is 2.46. The van der Waals surface area contributed by atoms with E-state index in [-0.39, 0.29) is 6.04 Å². The van der Waals surface area contributed by atoms with Gasteiger partial charge in [0, 0.05) is 6.54 Å². The minimum Gasteiger partial charge on any atom is -0.313 e.